The average molecular weight is 762 g/mol. The summed E-state index contributed by atoms with van der Waals surface area (Å²) in [6.07, 6.45) is 0. The molecule has 10 aromatic rings. The molecule has 58 heavy (non-hydrogen) atoms. The maximum Gasteiger partial charge on any atom is 0.164 e. The quantitative estimate of drug-likeness (QED) is 0.175. The van der Waals surface area contributed by atoms with Gasteiger partial charge in [0, 0.05) is 30.7 Å². The first kappa shape index (κ1) is 32.9. The van der Waals surface area contributed by atoms with Gasteiger partial charge in [-0.2, -0.15) is 0 Å². The van der Waals surface area contributed by atoms with Crippen molar-refractivity contribution in [2.75, 3.05) is 4.90 Å². The second-order valence-electron chi connectivity index (χ2n) is 14.8. The van der Waals surface area contributed by atoms with E-state index in [2.05, 4.69) is 205 Å². The molecule has 0 amide bonds. The van der Waals surface area contributed by atoms with Gasteiger partial charge in [-0.1, -0.05) is 146 Å². The molecule has 0 atom stereocenters. The highest BCUT2D eigenvalue weighted by molar-refractivity contribution is 8.34. The lowest BCUT2D eigenvalue weighted by molar-refractivity contribution is 0.453. The first-order chi connectivity index (χ1) is 28.8. The summed E-state index contributed by atoms with van der Waals surface area (Å²) < 4.78 is 13.7. The van der Waals surface area contributed by atoms with Crippen molar-refractivity contribution in [3.63, 3.8) is 0 Å². The van der Waals surface area contributed by atoms with Crippen LogP contribution < -0.4 is 9.64 Å². The smallest absolute Gasteiger partial charge is 0.164 e. The van der Waals surface area contributed by atoms with Gasteiger partial charge in [0.05, 0.1) is 16.8 Å². The Morgan fingerprint density at radius 3 is 1.60 bits per heavy atom. The molecule has 0 unspecified atom stereocenters. The Labute approximate surface area is 338 Å². The zero-order valence-electron chi connectivity index (χ0n) is 31.4. The summed E-state index contributed by atoms with van der Waals surface area (Å²) in [5.41, 5.74) is 12.0. The summed E-state index contributed by atoms with van der Waals surface area (Å²) in [5, 5.41) is 2.14. The summed E-state index contributed by atoms with van der Waals surface area (Å²) in [7, 11) is -1.92. The number of rotatable bonds is 5. The molecule has 0 aliphatic carbocycles. The summed E-state index contributed by atoms with van der Waals surface area (Å²) in [5.74, 6) is 1.76. The fourth-order valence-electron chi connectivity index (χ4n) is 9.18. The predicted molar refractivity (Wildman–Crippen MR) is 238 cm³/mol. The molecule has 2 aliphatic heterocycles. The van der Waals surface area contributed by atoms with E-state index in [1.54, 1.807) is 0 Å². The van der Waals surface area contributed by atoms with Crippen LogP contribution in [0.25, 0.3) is 55.3 Å². The van der Waals surface area contributed by atoms with Crippen molar-refractivity contribution in [1.82, 2.24) is 0 Å². The van der Waals surface area contributed by atoms with Crippen molar-refractivity contribution in [1.29, 1.82) is 0 Å². The number of fused-ring (bicyclic) bond motifs is 12. The number of anilines is 3. The molecule has 0 bridgehead atoms. The first-order valence-corrected chi connectivity index (χ1v) is 21.3. The number of furan rings is 1. The van der Waals surface area contributed by atoms with Gasteiger partial charge in [0.1, 0.15) is 16.9 Å². The molecule has 3 heterocycles. The largest absolute Gasteiger partial charge is 0.456 e. The molecule has 1 aromatic heterocycles. The first-order valence-electron chi connectivity index (χ1n) is 19.7. The van der Waals surface area contributed by atoms with Gasteiger partial charge in [0.15, 0.2) is 5.75 Å². The van der Waals surface area contributed by atoms with E-state index in [1.165, 1.54) is 47.4 Å². The van der Waals surface area contributed by atoms with E-state index in [1.807, 2.05) is 12.1 Å². The zero-order chi connectivity index (χ0) is 38.2. The molecule has 0 saturated heterocycles. The van der Waals surface area contributed by atoms with Gasteiger partial charge in [0.2, 0.25) is 0 Å². The fraction of sp³-hybridized carbons (Fsp3) is 0. The van der Waals surface area contributed by atoms with Crippen molar-refractivity contribution in [2.45, 2.75) is 19.6 Å². The van der Waals surface area contributed by atoms with Gasteiger partial charge in [-0.05, 0) is 100 Å². The van der Waals surface area contributed by atoms with E-state index in [0.717, 1.165) is 56.1 Å². The van der Waals surface area contributed by atoms with Gasteiger partial charge in [0.25, 0.3) is 0 Å². The lowest BCUT2D eigenvalue weighted by Crippen LogP contribution is -2.15. The molecule has 0 N–H and O–H groups in total. The number of hydrogen-bond acceptors (Lipinski definition) is 3. The summed E-state index contributed by atoms with van der Waals surface area (Å²) in [6.45, 7) is 0. The van der Waals surface area contributed by atoms with Gasteiger partial charge in [-0.25, -0.2) is 0 Å². The summed E-state index contributed by atoms with van der Waals surface area (Å²) in [6, 6.07) is 76.3. The molecule has 0 fully saturated rings. The van der Waals surface area contributed by atoms with E-state index >= 15 is 0 Å². The highest BCUT2D eigenvalue weighted by Gasteiger charge is 2.48. The maximum absolute atomic E-state index is 7.23. The Morgan fingerprint density at radius 1 is 0.362 bits per heavy atom. The molecule has 9 aromatic carbocycles. The van der Waals surface area contributed by atoms with Crippen LogP contribution in [-0.4, -0.2) is 0 Å². The van der Waals surface area contributed by atoms with Crippen molar-refractivity contribution in [3.05, 3.63) is 212 Å². The normalized spacial score (nSPS) is 13.7. The molecule has 3 nitrogen and oxygen atoms in total. The maximum atomic E-state index is 7.23. The van der Waals surface area contributed by atoms with Gasteiger partial charge < -0.3 is 14.1 Å². The molecular formula is C54H35NO2S. The van der Waals surface area contributed by atoms with Crippen molar-refractivity contribution >= 4 is 49.0 Å². The third-order valence-electron chi connectivity index (χ3n) is 11.7. The number of benzene rings is 9. The second-order valence-corrected chi connectivity index (χ2v) is 17.8. The summed E-state index contributed by atoms with van der Waals surface area (Å²) in [4.78, 5) is 7.50. The molecule has 0 radical (unpaired) electrons. The van der Waals surface area contributed by atoms with Crippen LogP contribution in [0.15, 0.2) is 236 Å². The van der Waals surface area contributed by atoms with Crippen LogP contribution in [0, 0.1) is 0 Å². The summed E-state index contributed by atoms with van der Waals surface area (Å²) >= 11 is 0. The highest BCUT2D eigenvalue weighted by atomic mass is 32.3. The molecule has 274 valence electrons. The third-order valence-corrected chi connectivity index (χ3v) is 15.7. The number of hydrogen-bond donors (Lipinski definition) is 0. The van der Waals surface area contributed by atoms with Gasteiger partial charge in [-0.3, -0.25) is 0 Å². The van der Waals surface area contributed by atoms with Gasteiger partial charge >= 0.3 is 0 Å². The van der Waals surface area contributed by atoms with Crippen molar-refractivity contribution < 1.29 is 9.15 Å². The topological polar surface area (TPSA) is 25.6 Å². The minimum atomic E-state index is -1.92. The van der Waals surface area contributed by atoms with E-state index in [9.17, 15) is 0 Å². The zero-order valence-corrected chi connectivity index (χ0v) is 32.2. The van der Waals surface area contributed by atoms with Crippen LogP contribution in [0.2, 0.25) is 0 Å². The lowest BCUT2D eigenvalue weighted by Gasteiger charge is -2.44. The molecule has 4 heteroatoms. The van der Waals surface area contributed by atoms with Crippen LogP contribution >= 0.6 is 10.0 Å². The van der Waals surface area contributed by atoms with Crippen LogP contribution in [0.3, 0.4) is 0 Å². The second kappa shape index (κ2) is 12.9. The standard InChI is InChI=1S/C54H35NO2S/c1-2-14-36(15-3-1)37-28-30-38(31-29-37)39-32-34-40(35-33-39)55(44-19-12-23-48-53(44)43-18-4-7-21-46(43)56-48)45-20-13-27-52-54(45)57-47-22-8-11-26-51(47)58(52)49-24-9-5-16-41(49)42-17-6-10-25-50(42)58/h1-35H. The molecular weight excluding hydrogens is 727 g/mol. The van der Waals surface area contributed by atoms with Crippen LogP contribution in [0.1, 0.15) is 0 Å². The van der Waals surface area contributed by atoms with E-state index in [-0.39, 0.29) is 0 Å². The number of para-hydroxylation sites is 3. The Kier molecular flexibility index (Phi) is 7.31. The Balaban J connectivity index is 1.09. The Morgan fingerprint density at radius 2 is 0.879 bits per heavy atom. The van der Waals surface area contributed by atoms with Crippen LogP contribution in [0.4, 0.5) is 17.1 Å². The van der Waals surface area contributed by atoms with E-state index < -0.39 is 10.0 Å². The van der Waals surface area contributed by atoms with Crippen LogP contribution in [0.5, 0.6) is 11.5 Å². The molecule has 0 saturated carbocycles. The monoisotopic (exact) mass is 761 g/mol. The molecule has 2 aliphatic rings. The molecule has 1 spiro atoms. The fourth-order valence-corrected chi connectivity index (χ4v) is 13.6. The molecule has 12 rings (SSSR count). The SMILES string of the molecule is c1ccc(-c2ccc(-c3ccc(N(c4cccc5c4Oc4ccccc4S54c5ccccc5-c5ccccc54)c4cccc5oc6ccccc6c45)cc3)cc2)cc1. The number of nitrogens with zero attached hydrogens (tertiary/aromatic N) is 1. The lowest BCUT2D eigenvalue weighted by atomic mass is 10.00. The highest BCUT2D eigenvalue weighted by Crippen LogP contribution is 2.84. The average Bonchev–Trinajstić information content (AvgIpc) is 3.82. The van der Waals surface area contributed by atoms with Gasteiger partial charge in [-0.15, -0.1) is 10.0 Å². The minimum Gasteiger partial charge on any atom is -0.456 e. The Hall–Kier alpha value is -7.27. The van der Waals surface area contributed by atoms with Crippen LogP contribution in [-0.2, 0) is 0 Å². The predicted octanol–water partition coefficient (Wildman–Crippen LogP) is 15.8. The third kappa shape index (κ3) is 4.76. The van der Waals surface area contributed by atoms with Crippen molar-refractivity contribution in [3.8, 4) is 44.9 Å². The Bertz CT molecular complexity index is 3160. The minimum absolute atomic E-state index is 0.843. The number of ether oxygens (including phenoxy) is 1. The van der Waals surface area contributed by atoms with E-state index in [0.29, 0.717) is 0 Å². The van der Waals surface area contributed by atoms with E-state index in [4.69, 9.17) is 9.15 Å². The van der Waals surface area contributed by atoms with Crippen molar-refractivity contribution in [2.24, 2.45) is 0 Å².